The summed E-state index contributed by atoms with van der Waals surface area (Å²) in [4.78, 5) is 4.84. The van der Waals surface area contributed by atoms with Gasteiger partial charge in [-0.05, 0) is 46.5 Å². The normalized spacial score (nSPS) is 10.9. The second kappa shape index (κ2) is 9.94. The van der Waals surface area contributed by atoms with E-state index in [-0.39, 0.29) is 5.75 Å². The monoisotopic (exact) mass is 453 g/mol. The Hall–Kier alpha value is -4.88. The van der Waals surface area contributed by atoms with Gasteiger partial charge in [0.1, 0.15) is 17.4 Å². The quantitative estimate of drug-likeness (QED) is 0.276. The summed E-state index contributed by atoms with van der Waals surface area (Å²) in [6.07, 6.45) is 1.74. The van der Waals surface area contributed by atoms with Crippen LogP contribution in [0.5, 0.6) is 5.75 Å². The van der Waals surface area contributed by atoms with Crippen LogP contribution in [-0.2, 0) is 6.54 Å². The van der Waals surface area contributed by atoms with E-state index in [1.807, 2.05) is 66.7 Å². The number of aliphatic imine (C=N–C) groups is 1. The van der Waals surface area contributed by atoms with Crippen LogP contribution in [0, 0.1) is 11.3 Å². The van der Waals surface area contributed by atoms with Crippen LogP contribution in [0.1, 0.15) is 16.7 Å². The molecule has 0 spiro atoms. The van der Waals surface area contributed by atoms with Crippen molar-refractivity contribution in [2.24, 2.45) is 4.99 Å². The molecule has 0 bridgehead atoms. The highest BCUT2D eigenvalue weighted by molar-refractivity contribution is 5.92. The molecule has 1 aromatic heterocycles. The van der Waals surface area contributed by atoms with Gasteiger partial charge < -0.3 is 9.67 Å². The Kier molecular flexibility index (Phi) is 6.23. The van der Waals surface area contributed by atoms with Crippen molar-refractivity contribution >= 4 is 12.0 Å². The second-order valence-electron chi connectivity index (χ2n) is 8.19. The molecule has 0 atom stereocenters. The lowest BCUT2D eigenvalue weighted by atomic mass is 9.98. The number of rotatable bonds is 6. The van der Waals surface area contributed by atoms with E-state index in [2.05, 4.69) is 34.9 Å². The van der Waals surface area contributed by atoms with Gasteiger partial charge in [-0.25, -0.2) is 4.99 Å². The molecule has 0 fully saturated rings. The van der Waals surface area contributed by atoms with Gasteiger partial charge in [0.05, 0.1) is 5.69 Å². The predicted molar refractivity (Wildman–Crippen MR) is 141 cm³/mol. The van der Waals surface area contributed by atoms with Crippen LogP contribution in [0.15, 0.2) is 120 Å². The van der Waals surface area contributed by atoms with E-state index in [9.17, 15) is 10.4 Å². The average Bonchev–Trinajstić information content (AvgIpc) is 3.22. The molecule has 168 valence electrons. The Morgan fingerprint density at radius 1 is 0.743 bits per heavy atom. The van der Waals surface area contributed by atoms with E-state index in [0.717, 1.165) is 33.5 Å². The van der Waals surface area contributed by atoms with E-state index in [0.29, 0.717) is 17.9 Å². The van der Waals surface area contributed by atoms with E-state index in [1.165, 1.54) is 0 Å². The number of phenols is 1. The number of aromatic hydroxyl groups is 1. The molecule has 5 rings (SSSR count). The van der Waals surface area contributed by atoms with Crippen molar-refractivity contribution in [2.75, 3.05) is 0 Å². The largest absolute Gasteiger partial charge is 0.508 e. The lowest BCUT2D eigenvalue weighted by Gasteiger charge is -2.14. The summed E-state index contributed by atoms with van der Waals surface area (Å²) < 4.78 is 2.13. The molecule has 0 unspecified atom stereocenters. The smallest absolute Gasteiger partial charge is 0.152 e. The molecule has 4 heteroatoms. The predicted octanol–water partition coefficient (Wildman–Crippen LogP) is 7.20. The molecule has 0 aliphatic rings. The second-order valence-corrected chi connectivity index (χ2v) is 8.19. The lowest BCUT2D eigenvalue weighted by molar-refractivity contribution is 0.475. The molecular weight excluding hydrogens is 430 g/mol. The first-order valence-electron chi connectivity index (χ1n) is 11.4. The first kappa shape index (κ1) is 21.9. The Morgan fingerprint density at radius 2 is 1.31 bits per heavy atom. The van der Waals surface area contributed by atoms with Gasteiger partial charge in [0, 0.05) is 18.3 Å². The minimum atomic E-state index is 0.199. The maximum Gasteiger partial charge on any atom is 0.152 e. The molecule has 0 saturated heterocycles. The Balaban J connectivity index is 1.79. The van der Waals surface area contributed by atoms with Crippen molar-refractivity contribution in [2.45, 2.75) is 6.54 Å². The fraction of sp³-hybridized carbons (Fsp3) is 0.0323. The summed E-state index contributed by atoms with van der Waals surface area (Å²) in [5.74, 6) is 0.798. The first-order valence-corrected chi connectivity index (χ1v) is 11.4. The van der Waals surface area contributed by atoms with Crippen molar-refractivity contribution in [1.29, 1.82) is 5.26 Å². The van der Waals surface area contributed by atoms with Crippen LogP contribution < -0.4 is 0 Å². The minimum absolute atomic E-state index is 0.199. The first-order chi connectivity index (χ1) is 17.2. The van der Waals surface area contributed by atoms with Crippen LogP contribution in [0.25, 0.3) is 22.4 Å². The van der Waals surface area contributed by atoms with Crippen molar-refractivity contribution in [3.8, 4) is 34.2 Å². The third-order valence-corrected chi connectivity index (χ3v) is 5.87. The topological polar surface area (TPSA) is 61.3 Å². The highest BCUT2D eigenvalue weighted by Gasteiger charge is 2.25. The summed E-state index contributed by atoms with van der Waals surface area (Å²) in [5, 5.41) is 20.0. The van der Waals surface area contributed by atoms with Crippen molar-refractivity contribution in [1.82, 2.24) is 4.57 Å². The summed E-state index contributed by atoms with van der Waals surface area (Å²) in [5.41, 5.74) is 6.29. The van der Waals surface area contributed by atoms with Crippen molar-refractivity contribution in [3.63, 3.8) is 0 Å². The third kappa shape index (κ3) is 4.62. The molecule has 35 heavy (non-hydrogen) atoms. The number of benzene rings is 4. The number of hydrogen-bond acceptors (Lipinski definition) is 3. The average molecular weight is 454 g/mol. The van der Waals surface area contributed by atoms with Gasteiger partial charge in [0.25, 0.3) is 0 Å². The fourth-order valence-corrected chi connectivity index (χ4v) is 4.24. The maximum absolute atomic E-state index is 10.4. The molecule has 0 amide bonds. The van der Waals surface area contributed by atoms with Crippen LogP contribution in [0.4, 0.5) is 5.82 Å². The van der Waals surface area contributed by atoms with Gasteiger partial charge >= 0.3 is 0 Å². The van der Waals surface area contributed by atoms with Crippen molar-refractivity contribution in [3.05, 3.63) is 132 Å². The van der Waals surface area contributed by atoms with Gasteiger partial charge in [-0.1, -0.05) is 91.0 Å². The molecule has 1 N–H and O–H groups in total. The molecule has 5 aromatic rings. The SMILES string of the molecule is N#Cc1c(-c2ccccc2)c(-c2ccccc2)n(Cc2ccccc2)c1/N=C/c1ccc(O)cc1. The summed E-state index contributed by atoms with van der Waals surface area (Å²) in [7, 11) is 0. The van der Waals surface area contributed by atoms with Gasteiger partial charge in [0.2, 0.25) is 0 Å². The van der Waals surface area contributed by atoms with Crippen LogP contribution in [-0.4, -0.2) is 15.9 Å². The minimum Gasteiger partial charge on any atom is -0.508 e. The fourth-order valence-electron chi connectivity index (χ4n) is 4.24. The van der Waals surface area contributed by atoms with Crippen LogP contribution in [0.2, 0.25) is 0 Å². The lowest BCUT2D eigenvalue weighted by Crippen LogP contribution is -2.02. The Morgan fingerprint density at radius 3 is 1.91 bits per heavy atom. The standard InChI is InChI=1S/C31H23N3O/c32-20-28-29(25-12-6-2-7-13-25)30(26-14-8-3-9-15-26)34(22-24-10-4-1-5-11-24)31(28)33-21-23-16-18-27(35)19-17-23/h1-19,21,35H,22H2/b33-21+. The van der Waals surface area contributed by atoms with E-state index in [4.69, 9.17) is 4.99 Å². The molecule has 0 aliphatic heterocycles. The highest BCUT2D eigenvalue weighted by Crippen LogP contribution is 2.43. The third-order valence-electron chi connectivity index (χ3n) is 5.87. The number of nitrogens with zero attached hydrogens (tertiary/aromatic N) is 3. The summed E-state index contributed by atoms with van der Waals surface area (Å²) >= 11 is 0. The number of hydrogen-bond donors (Lipinski definition) is 1. The van der Waals surface area contributed by atoms with Gasteiger partial charge in [-0.2, -0.15) is 5.26 Å². The number of aromatic nitrogens is 1. The molecule has 0 radical (unpaired) electrons. The zero-order valence-electron chi connectivity index (χ0n) is 19.0. The Bertz CT molecular complexity index is 1500. The Labute approximate surface area is 204 Å². The zero-order chi connectivity index (χ0) is 24.0. The van der Waals surface area contributed by atoms with E-state index < -0.39 is 0 Å². The van der Waals surface area contributed by atoms with Crippen molar-refractivity contribution < 1.29 is 5.11 Å². The molecule has 4 nitrogen and oxygen atoms in total. The molecular formula is C31H23N3O. The van der Waals surface area contributed by atoms with E-state index >= 15 is 0 Å². The molecule has 4 aromatic carbocycles. The number of nitriles is 1. The maximum atomic E-state index is 10.4. The summed E-state index contributed by atoms with van der Waals surface area (Å²) in [6, 6.07) is 39.6. The van der Waals surface area contributed by atoms with Gasteiger partial charge in [0.15, 0.2) is 5.82 Å². The van der Waals surface area contributed by atoms with Gasteiger partial charge in [-0.15, -0.1) is 0 Å². The summed E-state index contributed by atoms with van der Waals surface area (Å²) in [6.45, 7) is 0.564. The molecule has 0 saturated carbocycles. The van der Waals surface area contributed by atoms with Gasteiger partial charge in [-0.3, -0.25) is 0 Å². The molecule has 1 heterocycles. The zero-order valence-corrected chi connectivity index (χ0v) is 19.0. The molecule has 0 aliphatic carbocycles. The number of phenolic OH excluding ortho intramolecular Hbond substituents is 1. The van der Waals surface area contributed by atoms with E-state index in [1.54, 1.807) is 30.5 Å². The van der Waals surface area contributed by atoms with Crippen LogP contribution >= 0.6 is 0 Å². The highest BCUT2D eigenvalue weighted by atomic mass is 16.3. The van der Waals surface area contributed by atoms with Crippen LogP contribution in [0.3, 0.4) is 0 Å².